The molecule has 0 saturated heterocycles. The third kappa shape index (κ3) is 13.6. The number of benzene rings is 2. The number of hydrogen-bond donors (Lipinski definition) is 0. The van der Waals surface area contributed by atoms with Crippen LogP contribution in [-0.2, 0) is 0 Å². The van der Waals surface area contributed by atoms with Gasteiger partial charge >= 0.3 is 113 Å². The van der Waals surface area contributed by atoms with Crippen molar-refractivity contribution in [2.45, 2.75) is 0 Å². The van der Waals surface area contributed by atoms with Crippen LogP contribution in [-0.4, -0.2) is 113 Å². The molecule has 0 amide bonds. The summed E-state index contributed by atoms with van der Waals surface area (Å²) in [5.41, 5.74) is 0. The molecule has 0 aliphatic heterocycles. The molecule has 0 spiro atoms. The predicted molar refractivity (Wildman–Crippen MR) is 83.3 cm³/mol. The maximum Gasteiger partial charge on any atom is 2.00 e. The van der Waals surface area contributed by atoms with Crippen molar-refractivity contribution < 1.29 is 29.4 Å². The van der Waals surface area contributed by atoms with Crippen molar-refractivity contribution >= 4 is 140 Å². The summed E-state index contributed by atoms with van der Waals surface area (Å²) in [6, 6.07) is 14.5. The Kier molecular flexibility index (Phi) is 19.7. The van der Waals surface area contributed by atoms with E-state index >= 15 is 0 Å². The van der Waals surface area contributed by atoms with Crippen molar-refractivity contribution in [2.75, 3.05) is 0 Å². The number of rotatable bonds is 2. The van der Waals surface area contributed by atoms with Crippen LogP contribution in [0.2, 0.25) is 0 Å². The second-order valence-electron chi connectivity index (χ2n) is 3.67. The van der Waals surface area contributed by atoms with E-state index in [9.17, 15) is 29.4 Å². The van der Waals surface area contributed by atoms with Crippen LogP contribution < -0.4 is 40.0 Å². The van der Waals surface area contributed by atoms with Gasteiger partial charge in [0.2, 0.25) is 0 Å². The molecule has 6 nitrogen and oxygen atoms in total. The molecule has 0 N–H and O–H groups in total. The zero-order valence-corrected chi connectivity index (χ0v) is 20.7. The fourth-order valence-corrected chi connectivity index (χ4v) is 2.30. The van der Waals surface area contributed by atoms with E-state index in [1.54, 1.807) is 12.1 Å². The first kappa shape index (κ1) is 30.6. The largest absolute Gasteiger partial charge is 2.00 e. The van der Waals surface area contributed by atoms with Gasteiger partial charge in [0.1, 0.15) is 0 Å². The average Bonchev–Trinajstić information content (AvgIpc) is 2.40. The number of hydrogen-bond acceptors (Lipinski definition) is 6. The molecule has 0 radical (unpaired) electrons. The molecule has 2 aromatic rings. The third-order valence-electron chi connectivity index (χ3n) is 2.14. The molecule has 2 rings (SSSR count). The minimum atomic E-state index is -4.52. The zero-order chi connectivity index (χ0) is 15.2. The molecule has 0 aliphatic rings. The van der Waals surface area contributed by atoms with E-state index in [0.29, 0.717) is 0 Å². The van der Waals surface area contributed by atoms with Crippen LogP contribution in [0.15, 0.2) is 60.7 Å². The Morgan fingerprint density at radius 3 is 0.783 bits per heavy atom. The Labute approximate surface area is 225 Å². The molecule has 0 heterocycles. The summed E-state index contributed by atoms with van der Waals surface area (Å²) in [7, 11) is -9.04. The van der Waals surface area contributed by atoms with Crippen LogP contribution in [0, 0.1) is 0 Å². The van der Waals surface area contributed by atoms with Crippen molar-refractivity contribution in [3.8, 4) is 0 Å². The van der Waals surface area contributed by atoms with Gasteiger partial charge in [-0.2, -0.15) is 0 Å². The van der Waals surface area contributed by atoms with Crippen LogP contribution in [0.25, 0.3) is 0 Å². The van der Waals surface area contributed by atoms with E-state index in [2.05, 4.69) is 0 Å². The van der Waals surface area contributed by atoms with Crippen molar-refractivity contribution in [2.24, 2.45) is 0 Å². The van der Waals surface area contributed by atoms with Gasteiger partial charge in [-0.3, -0.25) is 0 Å². The van der Waals surface area contributed by atoms with Gasteiger partial charge < -0.3 is 29.4 Å². The van der Waals surface area contributed by atoms with Gasteiger partial charge in [0, 0.05) is 0 Å². The van der Waals surface area contributed by atoms with E-state index in [1.165, 1.54) is 48.5 Å². The zero-order valence-electron chi connectivity index (χ0n) is 12.2. The van der Waals surface area contributed by atoms with E-state index in [1.807, 2.05) is 0 Å². The molecule has 2 aromatic carbocycles. The van der Waals surface area contributed by atoms with Crippen molar-refractivity contribution in [3.05, 3.63) is 60.7 Å². The fraction of sp³-hybridized carbons (Fsp3) is 0. The summed E-state index contributed by atoms with van der Waals surface area (Å²) in [5, 5.41) is -0.315. The summed E-state index contributed by atoms with van der Waals surface area (Å²) in [6.45, 7) is 0. The van der Waals surface area contributed by atoms with Crippen molar-refractivity contribution in [1.29, 1.82) is 0 Å². The summed E-state index contributed by atoms with van der Waals surface area (Å²) in [6.07, 6.45) is 0. The third-order valence-corrected chi connectivity index (χ3v) is 4.01. The molecule has 0 atom stereocenters. The maximum absolute atomic E-state index is 10.3. The average molecular weight is 432 g/mol. The van der Waals surface area contributed by atoms with Crippen molar-refractivity contribution in [1.82, 2.24) is 0 Å². The van der Waals surface area contributed by atoms with Crippen LogP contribution in [0.1, 0.15) is 0 Å². The van der Waals surface area contributed by atoms with E-state index in [4.69, 9.17) is 0 Å². The Balaban J connectivity index is -0.000000308. The van der Waals surface area contributed by atoms with Crippen LogP contribution in [0.4, 0.5) is 0 Å². The summed E-state index contributed by atoms with van der Waals surface area (Å²) in [4.78, 5) is 61.8. The van der Waals surface area contributed by atoms with Gasteiger partial charge in [0.05, 0.1) is 10.6 Å². The first-order valence-electron chi connectivity index (χ1n) is 5.36. The quantitative estimate of drug-likeness (QED) is 0.345. The molecule has 0 fully saturated rings. The Hall–Kier alpha value is 2.84. The van der Waals surface area contributed by atoms with Crippen LogP contribution in [0.3, 0.4) is 0 Å². The van der Waals surface area contributed by atoms with Gasteiger partial charge in [-0.05, 0) is 24.3 Å². The monoisotopic (exact) mass is 432 g/mol. The fourth-order valence-electron chi connectivity index (χ4n) is 1.22. The SMILES string of the molecule is [Ca+2].[Ca+2].[Ca+2].[O-][P+]([O-])([O-])c1ccccc1.[O-][P+]([O-])([O-])c1ccccc1. The molecule has 0 unspecified atom stereocenters. The first-order valence-corrected chi connectivity index (χ1v) is 8.45. The summed E-state index contributed by atoms with van der Waals surface area (Å²) in [5.74, 6) is 0. The van der Waals surface area contributed by atoms with Gasteiger partial charge in [-0.25, -0.2) is 0 Å². The molecular formula is C12H10Ca3O6P2+2. The van der Waals surface area contributed by atoms with Gasteiger partial charge in [0.15, 0.2) is 0 Å². The minimum Gasteiger partial charge on any atom is -0.684 e. The van der Waals surface area contributed by atoms with Crippen LogP contribution >= 0.6 is 15.9 Å². The van der Waals surface area contributed by atoms with Crippen LogP contribution in [0.5, 0.6) is 0 Å². The molecule has 11 heteroatoms. The van der Waals surface area contributed by atoms with Gasteiger partial charge in [0.25, 0.3) is 0 Å². The van der Waals surface area contributed by atoms with Gasteiger partial charge in [-0.1, -0.05) is 36.4 Å². The van der Waals surface area contributed by atoms with E-state index < -0.39 is 15.9 Å². The first-order chi connectivity index (χ1) is 9.21. The standard InChI is InChI=1S/2C6H7O3P.3Ca/c2*7-10(8,9)6-4-2-1-3-5-6;;;/h2*1-5H,(H2,7,8,9);;;/q;;3*+2/p-4. The van der Waals surface area contributed by atoms with E-state index in [-0.39, 0.29) is 124 Å². The normalized spacial score (nSPS) is 10.0. The van der Waals surface area contributed by atoms with Gasteiger partial charge in [-0.15, -0.1) is 15.9 Å². The molecule has 0 bridgehead atoms. The predicted octanol–water partition coefficient (Wildman–Crippen LogP) is -4.83. The Morgan fingerprint density at radius 1 is 0.435 bits per heavy atom. The second-order valence-corrected chi connectivity index (χ2v) is 6.69. The maximum atomic E-state index is 10.3. The second kappa shape index (κ2) is 14.8. The molecule has 0 aromatic heterocycles. The van der Waals surface area contributed by atoms with E-state index in [0.717, 1.165) is 0 Å². The Bertz CT molecular complexity index is 470. The molecule has 108 valence electrons. The molecule has 23 heavy (non-hydrogen) atoms. The molecule has 0 aliphatic carbocycles. The molecule has 0 saturated carbocycles. The smallest absolute Gasteiger partial charge is 0.684 e. The summed E-state index contributed by atoms with van der Waals surface area (Å²) >= 11 is 0. The Morgan fingerprint density at radius 2 is 0.652 bits per heavy atom. The molecular weight excluding hydrogens is 422 g/mol. The summed E-state index contributed by atoms with van der Waals surface area (Å²) < 4.78 is 0. The topological polar surface area (TPSA) is 138 Å². The van der Waals surface area contributed by atoms with Crippen molar-refractivity contribution in [3.63, 3.8) is 0 Å². The minimum absolute atomic E-state index is 0.